The Morgan fingerprint density at radius 1 is 1.19 bits per heavy atom. The molecule has 1 heterocycles. The van der Waals surface area contributed by atoms with Crippen LogP contribution in [0.3, 0.4) is 0 Å². The molecule has 2 aromatic carbocycles. The number of hydrogen-bond donors (Lipinski definition) is 2. The van der Waals surface area contributed by atoms with Gasteiger partial charge in [0.05, 0.1) is 12.2 Å². The number of nitrogens with zero attached hydrogens (tertiary/aromatic N) is 1. The van der Waals surface area contributed by atoms with E-state index in [1.807, 2.05) is 14.1 Å². The van der Waals surface area contributed by atoms with Crippen LogP contribution in [0.25, 0.3) is 0 Å². The minimum atomic E-state index is 0.104. The van der Waals surface area contributed by atoms with Crippen LogP contribution in [0.4, 0.5) is 11.4 Å². The van der Waals surface area contributed by atoms with Gasteiger partial charge in [-0.05, 0) is 29.8 Å². The summed E-state index contributed by atoms with van der Waals surface area (Å²) < 4.78 is 5.98. The van der Waals surface area contributed by atoms with Crippen LogP contribution in [0.2, 0.25) is 0 Å². The predicted molar refractivity (Wildman–Crippen MR) is 85.5 cm³/mol. The lowest BCUT2D eigenvalue weighted by Gasteiger charge is -2.27. The summed E-state index contributed by atoms with van der Waals surface area (Å²) in [7, 11) is 4.07. The molecule has 2 aromatic rings. The van der Waals surface area contributed by atoms with Crippen LogP contribution in [-0.2, 0) is 6.42 Å². The second kappa shape index (κ2) is 5.56. The first-order valence-corrected chi connectivity index (χ1v) is 7.11. The SMILES string of the molecule is CN(C)c1ccc(CC2CNc3cc(O)ccc3O2)cc1. The number of benzene rings is 2. The molecule has 0 amide bonds. The maximum Gasteiger partial charge on any atom is 0.143 e. The van der Waals surface area contributed by atoms with Crippen molar-refractivity contribution in [3.63, 3.8) is 0 Å². The van der Waals surface area contributed by atoms with Crippen LogP contribution >= 0.6 is 0 Å². The van der Waals surface area contributed by atoms with Crippen molar-refractivity contribution in [1.82, 2.24) is 0 Å². The van der Waals surface area contributed by atoms with E-state index in [1.165, 1.54) is 11.3 Å². The fraction of sp³-hybridized carbons (Fsp3) is 0.294. The van der Waals surface area contributed by atoms with Crippen molar-refractivity contribution in [3.05, 3.63) is 48.0 Å². The summed E-state index contributed by atoms with van der Waals surface area (Å²) in [5.41, 5.74) is 3.31. The van der Waals surface area contributed by atoms with Gasteiger partial charge in [0.15, 0.2) is 0 Å². The Morgan fingerprint density at radius 3 is 2.67 bits per heavy atom. The zero-order valence-corrected chi connectivity index (χ0v) is 12.3. The van der Waals surface area contributed by atoms with Crippen LogP contribution in [-0.4, -0.2) is 31.9 Å². The lowest BCUT2D eigenvalue weighted by Crippen LogP contribution is -2.32. The molecule has 0 saturated heterocycles. The summed E-state index contributed by atoms with van der Waals surface area (Å²) in [5.74, 6) is 1.05. The third-order valence-electron chi connectivity index (χ3n) is 3.69. The summed E-state index contributed by atoms with van der Waals surface area (Å²) in [6, 6.07) is 13.7. The molecular weight excluding hydrogens is 264 g/mol. The third kappa shape index (κ3) is 3.05. The van der Waals surface area contributed by atoms with Crippen molar-refractivity contribution in [2.75, 3.05) is 30.9 Å². The van der Waals surface area contributed by atoms with Gasteiger partial charge in [0.2, 0.25) is 0 Å². The molecule has 110 valence electrons. The molecule has 21 heavy (non-hydrogen) atoms. The molecule has 1 aliphatic heterocycles. The summed E-state index contributed by atoms with van der Waals surface area (Å²) in [5, 5.41) is 12.8. The first-order chi connectivity index (χ1) is 10.1. The van der Waals surface area contributed by atoms with Crippen molar-refractivity contribution in [2.45, 2.75) is 12.5 Å². The van der Waals surface area contributed by atoms with Gasteiger partial charge in [0.1, 0.15) is 17.6 Å². The van der Waals surface area contributed by atoms with Crippen LogP contribution in [0, 0.1) is 0 Å². The number of nitrogens with one attached hydrogen (secondary N) is 1. The Balaban J connectivity index is 1.68. The summed E-state index contributed by atoms with van der Waals surface area (Å²) in [6.07, 6.45) is 0.966. The third-order valence-corrected chi connectivity index (χ3v) is 3.69. The van der Waals surface area contributed by atoms with Crippen LogP contribution in [0.5, 0.6) is 11.5 Å². The highest BCUT2D eigenvalue weighted by atomic mass is 16.5. The van der Waals surface area contributed by atoms with Crippen molar-refractivity contribution in [1.29, 1.82) is 0 Å². The standard InChI is InChI=1S/C17H20N2O2/c1-19(2)13-5-3-12(4-6-13)9-15-11-18-16-10-14(20)7-8-17(16)21-15/h3-8,10,15,18,20H,9,11H2,1-2H3. The quantitative estimate of drug-likeness (QED) is 0.909. The van der Waals surface area contributed by atoms with E-state index in [0.29, 0.717) is 0 Å². The van der Waals surface area contributed by atoms with E-state index >= 15 is 0 Å². The summed E-state index contributed by atoms with van der Waals surface area (Å²) >= 11 is 0. The molecule has 1 aliphatic rings. The second-order valence-electron chi connectivity index (χ2n) is 5.57. The van der Waals surface area contributed by atoms with Crippen LogP contribution < -0.4 is 15.0 Å². The van der Waals surface area contributed by atoms with Crippen molar-refractivity contribution < 1.29 is 9.84 Å². The molecule has 3 rings (SSSR count). The number of ether oxygens (including phenoxy) is 1. The average molecular weight is 284 g/mol. The van der Waals surface area contributed by atoms with Crippen molar-refractivity contribution in [3.8, 4) is 11.5 Å². The number of phenolic OH excluding ortho intramolecular Hbond substituents is 1. The predicted octanol–water partition coefficient (Wildman–Crippen LogP) is 2.87. The maximum atomic E-state index is 9.46. The number of rotatable bonds is 3. The fourth-order valence-corrected chi connectivity index (χ4v) is 2.51. The highest BCUT2D eigenvalue weighted by Gasteiger charge is 2.19. The largest absolute Gasteiger partial charge is 0.508 e. The summed E-state index contributed by atoms with van der Waals surface area (Å²) in [4.78, 5) is 2.09. The molecule has 0 saturated carbocycles. The van der Waals surface area contributed by atoms with Gasteiger partial charge >= 0.3 is 0 Å². The monoisotopic (exact) mass is 284 g/mol. The van der Waals surface area contributed by atoms with Gasteiger partial charge in [-0.2, -0.15) is 0 Å². The number of hydrogen-bond acceptors (Lipinski definition) is 4. The molecule has 0 spiro atoms. The normalized spacial score (nSPS) is 16.6. The van der Waals surface area contributed by atoms with E-state index in [-0.39, 0.29) is 11.9 Å². The highest BCUT2D eigenvalue weighted by molar-refractivity contribution is 5.61. The summed E-state index contributed by atoms with van der Waals surface area (Å²) in [6.45, 7) is 0.742. The lowest BCUT2D eigenvalue weighted by molar-refractivity contribution is 0.206. The van der Waals surface area contributed by atoms with Crippen LogP contribution in [0.1, 0.15) is 5.56 Å². The Morgan fingerprint density at radius 2 is 1.95 bits per heavy atom. The van der Waals surface area contributed by atoms with E-state index in [0.717, 1.165) is 24.4 Å². The molecule has 0 fully saturated rings. The smallest absolute Gasteiger partial charge is 0.143 e. The van der Waals surface area contributed by atoms with Crippen molar-refractivity contribution in [2.24, 2.45) is 0 Å². The van der Waals surface area contributed by atoms with Gasteiger partial charge in [0, 0.05) is 32.3 Å². The van der Waals surface area contributed by atoms with E-state index in [1.54, 1.807) is 18.2 Å². The lowest BCUT2D eigenvalue weighted by atomic mass is 10.1. The van der Waals surface area contributed by atoms with Gasteiger partial charge in [-0.3, -0.25) is 0 Å². The molecule has 2 N–H and O–H groups in total. The van der Waals surface area contributed by atoms with Gasteiger partial charge in [-0.25, -0.2) is 0 Å². The molecule has 1 unspecified atom stereocenters. The molecule has 0 radical (unpaired) electrons. The molecule has 0 aliphatic carbocycles. The molecule has 1 atom stereocenters. The number of anilines is 2. The van der Waals surface area contributed by atoms with Crippen LogP contribution in [0.15, 0.2) is 42.5 Å². The Hall–Kier alpha value is -2.36. The Kier molecular flexibility index (Phi) is 3.60. The van der Waals surface area contributed by atoms with Gasteiger partial charge in [-0.15, -0.1) is 0 Å². The van der Waals surface area contributed by atoms with Crippen molar-refractivity contribution >= 4 is 11.4 Å². The highest BCUT2D eigenvalue weighted by Crippen LogP contribution is 2.32. The number of phenols is 1. The zero-order chi connectivity index (χ0) is 14.8. The topological polar surface area (TPSA) is 44.7 Å². The molecule has 4 nitrogen and oxygen atoms in total. The van der Waals surface area contributed by atoms with Gasteiger partial charge in [-0.1, -0.05) is 12.1 Å². The van der Waals surface area contributed by atoms with E-state index in [4.69, 9.17) is 4.74 Å². The Labute approximate surface area is 125 Å². The second-order valence-corrected chi connectivity index (χ2v) is 5.57. The first-order valence-electron chi connectivity index (χ1n) is 7.11. The van der Waals surface area contributed by atoms with E-state index < -0.39 is 0 Å². The Bertz CT molecular complexity index is 623. The minimum Gasteiger partial charge on any atom is -0.508 e. The zero-order valence-electron chi connectivity index (χ0n) is 12.3. The molecule has 0 bridgehead atoms. The number of aromatic hydroxyl groups is 1. The maximum absolute atomic E-state index is 9.46. The molecule has 0 aromatic heterocycles. The first kappa shape index (κ1) is 13.6. The van der Waals surface area contributed by atoms with E-state index in [9.17, 15) is 5.11 Å². The average Bonchev–Trinajstić information content (AvgIpc) is 2.48. The number of fused-ring (bicyclic) bond motifs is 1. The molecule has 4 heteroatoms. The van der Waals surface area contributed by atoms with Gasteiger partial charge < -0.3 is 20.1 Å². The molecular formula is C17H20N2O2. The minimum absolute atomic E-state index is 0.104. The van der Waals surface area contributed by atoms with Gasteiger partial charge in [0.25, 0.3) is 0 Å². The fourth-order valence-electron chi connectivity index (χ4n) is 2.51. The van der Waals surface area contributed by atoms with E-state index in [2.05, 4.69) is 34.5 Å².